The van der Waals surface area contributed by atoms with Gasteiger partial charge in [0.15, 0.2) is 0 Å². The number of esters is 1. The first-order valence-corrected chi connectivity index (χ1v) is 9.78. The average Bonchev–Trinajstić information content (AvgIpc) is 2.99. The molecular formula is C20H25N3O5S. The predicted molar refractivity (Wildman–Crippen MR) is 113 cm³/mol. The number of methoxy groups -OCH3 is 2. The van der Waals surface area contributed by atoms with Crippen molar-refractivity contribution in [3.05, 3.63) is 45.8 Å². The molecule has 0 aliphatic heterocycles. The third-order valence-electron chi connectivity index (χ3n) is 4.23. The molecule has 1 aromatic heterocycles. The lowest BCUT2D eigenvalue weighted by atomic mass is 10.1. The summed E-state index contributed by atoms with van der Waals surface area (Å²) in [5, 5.41) is 8.92. The number of carbonyl (C=O) groups excluding carboxylic acids is 3. The summed E-state index contributed by atoms with van der Waals surface area (Å²) in [5.74, 6) is -1.10. The number of carbonyl (C=O) groups is 3. The molecule has 0 saturated heterocycles. The maximum Gasteiger partial charge on any atom is 0.341 e. The van der Waals surface area contributed by atoms with Crippen molar-refractivity contribution < 1.29 is 23.9 Å². The third-order valence-corrected chi connectivity index (χ3v) is 5.35. The number of rotatable bonds is 9. The van der Waals surface area contributed by atoms with Crippen molar-refractivity contribution in [2.24, 2.45) is 0 Å². The molecule has 0 aliphatic rings. The average molecular weight is 420 g/mol. The lowest BCUT2D eigenvalue weighted by Crippen LogP contribution is -2.28. The van der Waals surface area contributed by atoms with Crippen molar-refractivity contribution in [1.82, 2.24) is 5.32 Å². The van der Waals surface area contributed by atoms with Gasteiger partial charge in [-0.25, -0.2) is 4.79 Å². The quantitative estimate of drug-likeness (QED) is 0.426. The van der Waals surface area contributed by atoms with Gasteiger partial charge in [0, 0.05) is 24.2 Å². The second-order valence-electron chi connectivity index (χ2n) is 6.17. The van der Waals surface area contributed by atoms with Crippen LogP contribution in [0.5, 0.6) is 0 Å². The van der Waals surface area contributed by atoms with Gasteiger partial charge < -0.3 is 25.4 Å². The molecule has 0 radical (unpaired) electrons. The van der Waals surface area contributed by atoms with Gasteiger partial charge in [-0.3, -0.25) is 9.59 Å². The standard InChI is InChI=1S/C20H25N3O5S/c1-12-13(2)29-19(17(12)20(26)28-4)23-16(24)11-22-15-8-6-5-7-14(15)18(25)21-9-10-27-3/h5-8,22H,9-11H2,1-4H3,(H,21,25)(H,23,24). The molecule has 2 rings (SSSR count). The molecule has 0 spiro atoms. The number of aryl methyl sites for hydroxylation is 1. The van der Waals surface area contributed by atoms with Crippen LogP contribution in [-0.2, 0) is 14.3 Å². The van der Waals surface area contributed by atoms with Gasteiger partial charge in [0.1, 0.15) is 5.00 Å². The molecule has 0 atom stereocenters. The van der Waals surface area contributed by atoms with Crippen LogP contribution in [0, 0.1) is 13.8 Å². The minimum absolute atomic E-state index is 0.0705. The summed E-state index contributed by atoms with van der Waals surface area (Å²) in [6.07, 6.45) is 0. The molecule has 0 unspecified atom stereocenters. The minimum atomic E-state index is -0.492. The maximum atomic E-state index is 12.4. The predicted octanol–water partition coefficient (Wildman–Crippen LogP) is 2.58. The molecule has 2 aromatic rings. The largest absolute Gasteiger partial charge is 0.465 e. The molecule has 29 heavy (non-hydrogen) atoms. The van der Waals surface area contributed by atoms with E-state index in [-0.39, 0.29) is 18.4 Å². The summed E-state index contributed by atoms with van der Waals surface area (Å²) < 4.78 is 9.74. The summed E-state index contributed by atoms with van der Waals surface area (Å²) in [6.45, 7) is 4.41. The van der Waals surface area contributed by atoms with E-state index >= 15 is 0 Å². The second-order valence-corrected chi connectivity index (χ2v) is 7.40. The van der Waals surface area contributed by atoms with Crippen LogP contribution in [0.1, 0.15) is 31.2 Å². The molecule has 0 fully saturated rings. The number of benzene rings is 1. The van der Waals surface area contributed by atoms with Crippen molar-refractivity contribution in [2.75, 3.05) is 44.5 Å². The number of amides is 2. The number of anilines is 2. The van der Waals surface area contributed by atoms with Gasteiger partial charge in [-0.2, -0.15) is 0 Å². The Balaban J connectivity index is 2.05. The van der Waals surface area contributed by atoms with Gasteiger partial charge in [-0.05, 0) is 31.5 Å². The van der Waals surface area contributed by atoms with Crippen LogP contribution in [0.4, 0.5) is 10.7 Å². The number of hydrogen-bond donors (Lipinski definition) is 3. The Bertz CT molecular complexity index is 894. The van der Waals surface area contributed by atoms with E-state index in [4.69, 9.17) is 9.47 Å². The van der Waals surface area contributed by atoms with Crippen molar-refractivity contribution in [3.63, 3.8) is 0 Å². The number of hydrogen-bond acceptors (Lipinski definition) is 7. The normalized spacial score (nSPS) is 10.3. The summed E-state index contributed by atoms with van der Waals surface area (Å²) in [5.41, 5.74) is 2.10. The molecule has 0 saturated carbocycles. The minimum Gasteiger partial charge on any atom is -0.465 e. The molecular weight excluding hydrogens is 394 g/mol. The van der Waals surface area contributed by atoms with Gasteiger partial charge in [-0.1, -0.05) is 12.1 Å². The molecule has 1 aromatic carbocycles. The zero-order chi connectivity index (χ0) is 21.4. The van der Waals surface area contributed by atoms with E-state index in [1.54, 1.807) is 31.4 Å². The Morgan fingerprint density at radius 1 is 1.10 bits per heavy atom. The van der Waals surface area contributed by atoms with Crippen molar-refractivity contribution in [1.29, 1.82) is 0 Å². The second kappa shape index (κ2) is 10.6. The van der Waals surface area contributed by atoms with Gasteiger partial charge in [0.05, 0.1) is 31.4 Å². The van der Waals surface area contributed by atoms with Crippen molar-refractivity contribution in [3.8, 4) is 0 Å². The highest BCUT2D eigenvalue weighted by Gasteiger charge is 2.21. The summed E-state index contributed by atoms with van der Waals surface area (Å²) in [6, 6.07) is 6.91. The van der Waals surface area contributed by atoms with E-state index in [0.29, 0.717) is 35.0 Å². The summed E-state index contributed by atoms with van der Waals surface area (Å²) in [7, 11) is 2.86. The SMILES string of the molecule is COCCNC(=O)c1ccccc1NCC(=O)Nc1sc(C)c(C)c1C(=O)OC. The molecule has 0 bridgehead atoms. The van der Waals surface area contributed by atoms with E-state index in [1.165, 1.54) is 18.4 Å². The smallest absolute Gasteiger partial charge is 0.341 e. The fraction of sp³-hybridized carbons (Fsp3) is 0.350. The third kappa shape index (κ3) is 5.78. The van der Waals surface area contributed by atoms with Crippen LogP contribution in [0.2, 0.25) is 0 Å². The lowest BCUT2D eigenvalue weighted by Gasteiger charge is -2.12. The van der Waals surface area contributed by atoms with Crippen molar-refractivity contribution in [2.45, 2.75) is 13.8 Å². The molecule has 156 valence electrons. The summed E-state index contributed by atoms with van der Waals surface area (Å²) in [4.78, 5) is 37.7. The molecule has 3 N–H and O–H groups in total. The van der Waals surface area contributed by atoms with Gasteiger partial charge in [0.2, 0.25) is 5.91 Å². The first kappa shape index (κ1) is 22.4. The number of ether oxygens (including phenoxy) is 2. The van der Waals surface area contributed by atoms with Crippen LogP contribution in [0.15, 0.2) is 24.3 Å². The topological polar surface area (TPSA) is 106 Å². The van der Waals surface area contributed by atoms with E-state index in [0.717, 1.165) is 10.4 Å². The zero-order valence-electron chi connectivity index (χ0n) is 16.9. The maximum absolute atomic E-state index is 12.4. The summed E-state index contributed by atoms with van der Waals surface area (Å²) >= 11 is 1.32. The highest BCUT2D eigenvalue weighted by molar-refractivity contribution is 7.16. The highest BCUT2D eigenvalue weighted by Crippen LogP contribution is 2.32. The molecule has 0 aliphatic carbocycles. The van der Waals surface area contributed by atoms with E-state index in [1.807, 2.05) is 13.8 Å². The number of thiophene rings is 1. The Hall–Kier alpha value is -2.91. The molecule has 1 heterocycles. The van der Waals surface area contributed by atoms with Crippen LogP contribution in [-0.4, -0.2) is 51.7 Å². The first-order valence-electron chi connectivity index (χ1n) is 8.97. The van der Waals surface area contributed by atoms with E-state index in [9.17, 15) is 14.4 Å². The van der Waals surface area contributed by atoms with Gasteiger partial charge >= 0.3 is 5.97 Å². The fourth-order valence-corrected chi connectivity index (χ4v) is 3.67. The van der Waals surface area contributed by atoms with Crippen LogP contribution < -0.4 is 16.0 Å². The van der Waals surface area contributed by atoms with Gasteiger partial charge in [0.25, 0.3) is 5.91 Å². The molecule has 8 nitrogen and oxygen atoms in total. The van der Waals surface area contributed by atoms with Crippen molar-refractivity contribution >= 4 is 39.8 Å². The molecule has 9 heteroatoms. The lowest BCUT2D eigenvalue weighted by molar-refractivity contribution is -0.114. The monoisotopic (exact) mass is 419 g/mol. The Labute approximate surface area is 173 Å². The number of nitrogens with one attached hydrogen (secondary N) is 3. The highest BCUT2D eigenvalue weighted by atomic mass is 32.1. The Morgan fingerprint density at radius 2 is 1.83 bits per heavy atom. The van der Waals surface area contributed by atoms with Crippen LogP contribution >= 0.6 is 11.3 Å². The van der Waals surface area contributed by atoms with Crippen LogP contribution in [0.3, 0.4) is 0 Å². The van der Waals surface area contributed by atoms with E-state index in [2.05, 4.69) is 16.0 Å². The Kier molecular flexibility index (Phi) is 8.17. The number of para-hydroxylation sites is 1. The van der Waals surface area contributed by atoms with E-state index < -0.39 is 5.97 Å². The zero-order valence-corrected chi connectivity index (χ0v) is 17.7. The Morgan fingerprint density at radius 3 is 2.52 bits per heavy atom. The van der Waals surface area contributed by atoms with Crippen LogP contribution in [0.25, 0.3) is 0 Å². The molecule has 2 amide bonds. The van der Waals surface area contributed by atoms with Gasteiger partial charge in [-0.15, -0.1) is 11.3 Å². The fourth-order valence-electron chi connectivity index (χ4n) is 2.61. The first-order chi connectivity index (χ1) is 13.9.